The highest BCUT2D eigenvalue weighted by molar-refractivity contribution is 9.10. The summed E-state index contributed by atoms with van der Waals surface area (Å²) in [5.41, 5.74) is 7.31. The molecule has 34 heteroatoms. The second-order valence-corrected chi connectivity index (χ2v) is 41.8. The number of alkyl carbamates (subject to hydrolysis) is 1. The number of carboxylic acids is 1. The van der Waals surface area contributed by atoms with Crippen molar-refractivity contribution in [3.05, 3.63) is 191 Å². The lowest BCUT2D eigenvalue weighted by molar-refractivity contribution is -0.159. The van der Waals surface area contributed by atoms with E-state index in [0.29, 0.717) is 17.9 Å². The number of pyridine rings is 3. The molecule has 15 unspecified atom stereocenters. The Morgan fingerprint density at radius 3 is 1.47 bits per heavy atom. The van der Waals surface area contributed by atoms with Gasteiger partial charge in [-0.25, -0.2) is 54.1 Å². The molecule has 0 spiro atoms. The average Bonchev–Trinajstić information content (AvgIpc) is 1.58. The summed E-state index contributed by atoms with van der Waals surface area (Å²) in [6, 6.07) is 17.2. The van der Waals surface area contributed by atoms with Gasteiger partial charge < -0.3 is 59.9 Å². The SMILES string of the molecule is C1=CCCCC=C1.COC(=O)[C@H]1C2C=CC(CCC2)[C@@H]1C(=O)O.COC(=O)[C@H]1C2C=CC(CCC2)[C@@H]1NC(=O)OCc1ccccc1.COC(=O)[C@H]1C2CCCC(CC2)C1Nc1nc(-c2cn(S(=O)(=O)c3ccc(C)cc3)c3ncc(F)cc23)c(F)cc1F.COC(=O)[C@H]1C2CCCC(CC2)C1Nc1nc(Br)c(F)cc1F.COC(=O)[C@H]1C2CCCC(CC2)[C@@H]1N.O=C1OC(=O)[C@H]2C3C=CC(CCC3)C12. The highest BCUT2D eigenvalue weighted by Crippen LogP contribution is 2.52. The number of ether oxygens (including phenoxy) is 7. The van der Waals surface area contributed by atoms with Crippen molar-refractivity contribution >= 4 is 102 Å². The van der Waals surface area contributed by atoms with Gasteiger partial charge in [0.1, 0.15) is 22.7 Å². The molecule has 6 aromatic rings. The predicted octanol–water partition coefficient (Wildman–Crippen LogP) is 19.1. The van der Waals surface area contributed by atoms with Gasteiger partial charge in [-0.2, -0.15) is 0 Å². The van der Waals surface area contributed by atoms with E-state index in [1.54, 1.807) is 12.1 Å². The van der Waals surface area contributed by atoms with Crippen molar-refractivity contribution in [2.24, 2.45) is 124 Å². The molecule has 1 saturated heterocycles. The number of carbonyl (C=O) groups excluding carboxylic acids is 8. The molecule has 26 rings (SSSR count). The summed E-state index contributed by atoms with van der Waals surface area (Å²) < 4.78 is 135. The van der Waals surface area contributed by atoms with E-state index in [1.165, 1.54) is 86.2 Å². The number of aromatic nitrogens is 4. The van der Waals surface area contributed by atoms with Crippen LogP contribution in [0.1, 0.15) is 184 Å². The highest BCUT2D eigenvalue weighted by Gasteiger charge is 2.55. The summed E-state index contributed by atoms with van der Waals surface area (Å²) in [6.45, 7) is 2.03. The van der Waals surface area contributed by atoms with Gasteiger partial charge in [0, 0.05) is 47.4 Å². The number of nitrogens with zero attached hydrogens (tertiary/aromatic N) is 4. The molecule has 24 atom stereocenters. The van der Waals surface area contributed by atoms with Gasteiger partial charge in [0.15, 0.2) is 40.6 Å². The fourth-order valence-corrected chi connectivity index (χ4v) is 25.9. The van der Waals surface area contributed by atoms with E-state index in [1.807, 2.05) is 49.4 Å². The van der Waals surface area contributed by atoms with Crippen LogP contribution in [-0.2, 0) is 88.1 Å². The summed E-state index contributed by atoms with van der Waals surface area (Å²) >= 11 is 2.97. The maximum Gasteiger partial charge on any atom is 0.407 e. The Bertz CT molecular complexity index is 5650. The van der Waals surface area contributed by atoms with Crippen molar-refractivity contribution in [3.63, 3.8) is 0 Å². The third-order valence-corrected chi connectivity index (χ3v) is 33.5. The smallest absolute Gasteiger partial charge is 0.407 e. The normalized spacial score (nSPS) is 30.2. The van der Waals surface area contributed by atoms with Crippen LogP contribution in [0.15, 0.2) is 155 Å². The number of aliphatic carboxylic acids is 1. The maximum absolute atomic E-state index is 15.4. The van der Waals surface area contributed by atoms with Crippen molar-refractivity contribution < 1.29 is 112 Å². The van der Waals surface area contributed by atoms with Gasteiger partial charge in [-0.05, 0) is 252 Å². The van der Waals surface area contributed by atoms with Gasteiger partial charge in [0.25, 0.3) is 10.0 Å². The van der Waals surface area contributed by atoms with Gasteiger partial charge in [-0.1, -0.05) is 147 Å². The predicted molar refractivity (Wildman–Crippen MR) is 514 cm³/mol. The minimum Gasteiger partial charge on any atom is -0.481 e. The molecule has 4 aromatic heterocycles. The molecule has 1 aliphatic heterocycles. The third-order valence-electron chi connectivity index (χ3n) is 31.3. The Morgan fingerprint density at radius 2 is 0.929 bits per heavy atom. The van der Waals surface area contributed by atoms with Crippen LogP contribution >= 0.6 is 15.9 Å². The first-order valence-corrected chi connectivity index (χ1v) is 51.5. The van der Waals surface area contributed by atoms with Crippen LogP contribution in [0.4, 0.5) is 38.4 Å². The summed E-state index contributed by atoms with van der Waals surface area (Å²) in [6.07, 6.45) is 50.6. The molecule has 140 heavy (non-hydrogen) atoms. The number of methoxy groups -OCH3 is 5. The molecule has 12 saturated carbocycles. The largest absolute Gasteiger partial charge is 0.481 e. The lowest BCUT2D eigenvalue weighted by atomic mass is 9.71. The Balaban J connectivity index is 0.000000138. The zero-order valence-corrected chi connectivity index (χ0v) is 82.3. The van der Waals surface area contributed by atoms with E-state index in [9.17, 15) is 69.8 Å². The number of amides is 1. The van der Waals surface area contributed by atoms with E-state index >= 15 is 8.78 Å². The quantitative estimate of drug-likeness (QED) is 0.0150. The molecule has 19 aliphatic carbocycles. The fraction of sp³-hybridized carbons (Fsp3) is 0.547. The summed E-state index contributed by atoms with van der Waals surface area (Å²) in [5, 5.41) is 18.3. The number of halogens is 6. The minimum atomic E-state index is -4.23. The highest BCUT2D eigenvalue weighted by atomic mass is 79.9. The zero-order valence-electron chi connectivity index (χ0n) is 79.8. The molecule has 1 amide bonds. The van der Waals surface area contributed by atoms with Gasteiger partial charge in [0.05, 0.1) is 100 Å². The second kappa shape index (κ2) is 48.2. The number of cyclic esters (lactones) is 2. The van der Waals surface area contributed by atoms with E-state index < -0.39 is 80.9 Å². The Kier molecular flexibility index (Phi) is 36.1. The summed E-state index contributed by atoms with van der Waals surface area (Å²) in [4.78, 5) is 119. The van der Waals surface area contributed by atoms with Crippen LogP contribution < -0.4 is 21.7 Å². The topological polar surface area (TPSA) is 378 Å². The number of allylic oxidation sites excluding steroid dienone is 9. The molecule has 0 radical (unpaired) electrons. The molecule has 20 aliphatic rings. The van der Waals surface area contributed by atoms with Gasteiger partial charge in [0.2, 0.25) is 0 Å². The number of nitrogens with one attached hydrogen (secondary N) is 3. The van der Waals surface area contributed by atoms with Crippen LogP contribution in [0.2, 0.25) is 0 Å². The minimum absolute atomic E-state index is 0.0136. The number of carbonyl (C=O) groups is 9. The zero-order chi connectivity index (χ0) is 99.8. The van der Waals surface area contributed by atoms with Crippen LogP contribution in [0.25, 0.3) is 22.3 Å². The lowest BCUT2D eigenvalue weighted by Gasteiger charge is -2.39. The third kappa shape index (κ3) is 24.3. The van der Waals surface area contributed by atoms with Crippen LogP contribution in [0.5, 0.6) is 0 Å². The number of nitrogens with two attached hydrogens (primary N) is 1. The number of carboxylic acid groups (broad SMARTS) is 1. The van der Waals surface area contributed by atoms with Gasteiger partial charge >= 0.3 is 53.8 Å². The van der Waals surface area contributed by atoms with Crippen molar-refractivity contribution in [3.8, 4) is 11.3 Å². The number of esters is 7. The number of hydrogen-bond donors (Lipinski definition) is 5. The number of benzene rings is 2. The van der Waals surface area contributed by atoms with E-state index in [4.69, 9.17) is 38.9 Å². The second-order valence-electron chi connectivity index (χ2n) is 39.3. The van der Waals surface area contributed by atoms with Crippen molar-refractivity contribution in [2.45, 2.75) is 216 Å². The molecular weight excluding hydrogens is 1900 g/mol. The van der Waals surface area contributed by atoms with Crippen molar-refractivity contribution in [1.29, 1.82) is 0 Å². The molecule has 13 fully saturated rings. The number of fused-ring (bicyclic) bond motifs is 21. The van der Waals surface area contributed by atoms with E-state index in [0.717, 1.165) is 174 Å². The first kappa shape index (κ1) is 105. The molecule has 12 bridgehead atoms. The Labute approximate surface area is 822 Å². The summed E-state index contributed by atoms with van der Waals surface area (Å²) in [7, 11) is 2.66. The fourth-order valence-electron chi connectivity index (χ4n) is 24.3. The first-order chi connectivity index (χ1) is 67.4. The number of aryl methyl sites for hydroxylation is 1. The molecular formula is C106H128BrF5N8O19S. The maximum atomic E-state index is 15.4. The average molecular weight is 2030 g/mol. The number of anilines is 2. The van der Waals surface area contributed by atoms with Crippen molar-refractivity contribution in [1.82, 2.24) is 24.2 Å². The summed E-state index contributed by atoms with van der Waals surface area (Å²) in [5.74, 6) is -7.66. The van der Waals surface area contributed by atoms with E-state index in [-0.39, 0.29) is 193 Å². The molecule has 27 nitrogen and oxygen atoms in total. The van der Waals surface area contributed by atoms with Gasteiger partial charge in [-0.15, -0.1) is 0 Å². The number of hydrogen-bond acceptors (Lipinski definition) is 24. The molecule has 2 aromatic carbocycles. The Morgan fingerprint density at radius 1 is 0.493 bits per heavy atom. The Hall–Kier alpha value is -11.0. The van der Waals surface area contributed by atoms with E-state index in [2.05, 4.69) is 95.4 Å². The molecule has 754 valence electrons. The van der Waals surface area contributed by atoms with Crippen LogP contribution in [0.3, 0.4) is 0 Å². The first-order valence-electron chi connectivity index (χ1n) is 49.3. The number of rotatable bonds is 16. The molecule has 6 N–H and O–H groups in total. The monoisotopic (exact) mass is 2020 g/mol. The van der Waals surface area contributed by atoms with Crippen molar-refractivity contribution in [2.75, 3.05) is 46.2 Å². The van der Waals surface area contributed by atoms with Gasteiger partial charge in [-0.3, -0.25) is 38.4 Å². The molecule has 5 heterocycles. The standard InChI is InChI=1S/C30H29F3N4O4S.C19H23NO4.C16H19BrF2N2O2.C12H16O4.C11H19NO2.C11H12O3.C7H10/c1-16-6-10-20(11-7-16)42(39,40)37-15-22(21-12-19(31)14-34-29(21)37)27-23(32)13-24(33)28(36-27)35-26-18-5-3-4-17(8-9-18)25(26)30(38)41-2;1-23-18(21)16-14-8-5-9-15(11-10-14)17(16)20-19(22)24-12-13-6-3-2-4-7-13;1-23-16(22)12-8-3-2-4-9(6-5-8)13(12)20-15-11(19)7-10(18)14(17)21-15;1-16-12(15)10-8-4-2-3-7(5-6-8)9(10)11(13)14;1-14-11(13)9-7-3-2-4-8(6-5-7)10(9)12;12-10-8-6-2-1-3-7(5-4-6)9(8)11(13)14-10;1-2-4-6-7-5-3-1/h6-7,10-15,17-18,25-26H,3-5,8-9H2,1-2H3,(H,35,36);2-4,6-7,10-11,14-17H,5,8-9,12H2,1H3,(H,20,22);7-9,12-13H,2-6H2,1H3,(H,20,21);5-10H,2-4H2,1H3,(H,13,14);7-10H,2-6,12H2,1H3;4-9H,1-3H2;1-4H,5-7H2/t17?,18?,25-,26?;14?,15?,16-,17-;8?,9?,12-,13?;2*7?,8?,9-,10-;6?,7?,8-,9?;/m000000./s1. The van der Waals surface area contributed by atoms with Crippen LogP contribution in [0, 0.1) is 154 Å². The lowest BCUT2D eigenvalue weighted by Crippen LogP contribution is -2.51. The van der Waals surface area contributed by atoms with Crippen LogP contribution in [-0.4, -0.2) is 146 Å².